The van der Waals surface area contributed by atoms with Gasteiger partial charge in [-0.3, -0.25) is 9.88 Å². The third kappa shape index (κ3) is 2.49. The van der Waals surface area contributed by atoms with Gasteiger partial charge in [0.05, 0.1) is 13.1 Å². The van der Waals surface area contributed by atoms with Crippen LogP contribution in [0, 0.1) is 6.92 Å². The number of aryl methyl sites for hydroxylation is 1. The normalized spacial score (nSPS) is 17.9. The molecule has 1 aromatic rings. The van der Waals surface area contributed by atoms with Crippen molar-refractivity contribution in [1.29, 1.82) is 0 Å². The Morgan fingerprint density at radius 3 is 2.94 bits per heavy atom. The van der Waals surface area contributed by atoms with E-state index in [0.717, 1.165) is 17.0 Å². The molecule has 1 aromatic heterocycles. The average molecular weight is 236 g/mol. The molecule has 0 aromatic carbocycles. The van der Waals surface area contributed by atoms with Crippen molar-refractivity contribution < 1.29 is 14.6 Å². The van der Waals surface area contributed by atoms with Crippen LogP contribution in [0.3, 0.4) is 0 Å². The summed E-state index contributed by atoms with van der Waals surface area (Å²) in [7, 11) is 0. The zero-order valence-electron chi connectivity index (χ0n) is 10.2. The molecular formula is C12H16N2O3. The summed E-state index contributed by atoms with van der Waals surface area (Å²) in [4.78, 5) is 16.6. The molecule has 0 saturated heterocycles. The molecule has 5 nitrogen and oxygen atoms in total. The lowest BCUT2D eigenvalue weighted by Crippen LogP contribution is -2.42. The van der Waals surface area contributed by atoms with Crippen LogP contribution in [0.4, 0.5) is 4.79 Å². The minimum atomic E-state index is -0.935. The van der Waals surface area contributed by atoms with E-state index in [1.165, 1.54) is 4.90 Å². The standard InChI is InChI=1S/C12H16N2O3/c1-8-4-10-9(5-13-8)6-14(11(15)16)7-12(2,3)17-10/h4-5H,6-7H2,1-3H3,(H,15,16). The Hall–Kier alpha value is -1.78. The second kappa shape index (κ2) is 3.91. The lowest BCUT2D eigenvalue weighted by atomic mass is 10.1. The SMILES string of the molecule is Cc1cc2c(cn1)CN(C(=O)O)CC(C)(C)O2. The third-order valence-corrected chi connectivity index (χ3v) is 2.67. The Morgan fingerprint density at radius 1 is 1.59 bits per heavy atom. The fourth-order valence-corrected chi connectivity index (χ4v) is 1.96. The Balaban J connectivity index is 2.42. The summed E-state index contributed by atoms with van der Waals surface area (Å²) in [5, 5.41) is 9.13. The van der Waals surface area contributed by atoms with Gasteiger partial charge in [-0.1, -0.05) is 0 Å². The molecule has 0 aliphatic carbocycles. The molecule has 1 N–H and O–H groups in total. The van der Waals surface area contributed by atoms with Crippen molar-refractivity contribution in [2.45, 2.75) is 32.9 Å². The molecular weight excluding hydrogens is 220 g/mol. The minimum absolute atomic E-state index is 0.321. The second-order valence-corrected chi connectivity index (χ2v) is 4.93. The van der Waals surface area contributed by atoms with Crippen molar-refractivity contribution in [3.63, 3.8) is 0 Å². The molecule has 0 spiro atoms. The van der Waals surface area contributed by atoms with Gasteiger partial charge in [-0.2, -0.15) is 0 Å². The van der Waals surface area contributed by atoms with Crippen LogP contribution in [0.1, 0.15) is 25.1 Å². The molecule has 2 heterocycles. The lowest BCUT2D eigenvalue weighted by Gasteiger charge is -2.27. The fourth-order valence-electron chi connectivity index (χ4n) is 1.96. The van der Waals surface area contributed by atoms with E-state index in [1.54, 1.807) is 6.20 Å². The van der Waals surface area contributed by atoms with Gasteiger partial charge in [0, 0.05) is 23.5 Å². The highest BCUT2D eigenvalue weighted by Crippen LogP contribution is 2.29. The van der Waals surface area contributed by atoms with E-state index in [-0.39, 0.29) is 0 Å². The molecule has 2 rings (SSSR count). The van der Waals surface area contributed by atoms with Crippen LogP contribution < -0.4 is 4.74 Å². The maximum absolute atomic E-state index is 11.1. The summed E-state index contributed by atoms with van der Waals surface area (Å²) in [5.41, 5.74) is 1.14. The smallest absolute Gasteiger partial charge is 0.407 e. The number of hydrogen-bond donors (Lipinski definition) is 1. The third-order valence-electron chi connectivity index (χ3n) is 2.67. The molecule has 0 bridgehead atoms. The molecule has 0 fully saturated rings. The van der Waals surface area contributed by atoms with E-state index in [2.05, 4.69) is 4.98 Å². The van der Waals surface area contributed by atoms with Gasteiger partial charge in [0.1, 0.15) is 11.4 Å². The number of nitrogens with zero attached hydrogens (tertiary/aromatic N) is 2. The Labute approximate surface area is 100 Å². The van der Waals surface area contributed by atoms with Gasteiger partial charge in [-0.15, -0.1) is 0 Å². The molecule has 0 saturated carbocycles. The van der Waals surface area contributed by atoms with Gasteiger partial charge in [0.2, 0.25) is 0 Å². The summed E-state index contributed by atoms with van der Waals surface area (Å²) in [6.45, 7) is 6.32. The predicted octanol–water partition coefficient (Wildman–Crippen LogP) is 2.04. The van der Waals surface area contributed by atoms with E-state index in [9.17, 15) is 4.79 Å². The zero-order valence-corrected chi connectivity index (χ0v) is 10.2. The van der Waals surface area contributed by atoms with Gasteiger partial charge < -0.3 is 9.84 Å². The lowest BCUT2D eigenvalue weighted by molar-refractivity contribution is 0.0671. The van der Waals surface area contributed by atoms with E-state index < -0.39 is 11.7 Å². The van der Waals surface area contributed by atoms with Crippen LogP contribution in [0.5, 0.6) is 5.75 Å². The number of amides is 1. The highest BCUT2D eigenvalue weighted by Gasteiger charge is 2.31. The molecule has 1 aliphatic heterocycles. The molecule has 17 heavy (non-hydrogen) atoms. The van der Waals surface area contributed by atoms with Crippen molar-refractivity contribution in [3.05, 3.63) is 23.5 Å². The zero-order chi connectivity index (χ0) is 12.6. The molecule has 92 valence electrons. The van der Waals surface area contributed by atoms with Crippen molar-refractivity contribution in [1.82, 2.24) is 9.88 Å². The molecule has 5 heteroatoms. The number of rotatable bonds is 0. The van der Waals surface area contributed by atoms with Crippen molar-refractivity contribution in [2.75, 3.05) is 6.54 Å². The van der Waals surface area contributed by atoms with Crippen LogP contribution >= 0.6 is 0 Å². The number of carbonyl (C=O) groups is 1. The second-order valence-electron chi connectivity index (χ2n) is 4.93. The molecule has 0 radical (unpaired) electrons. The van der Waals surface area contributed by atoms with E-state index in [4.69, 9.17) is 9.84 Å². The highest BCUT2D eigenvalue weighted by molar-refractivity contribution is 5.65. The fraction of sp³-hybridized carbons (Fsp3) is 0.500. The predicted molar refractivity (Wildman–Crippen MR) is 62.1 cm³/mol. The first kappa shape index (κ1) is 11.7. The van der Waals surface area contributed by atoms with Gasteiger partial charge in [-0.05, 0) is 20.8 Å². The first-order chi connectivity index (χ1) is 7.87. The minimum Gasteiger partial charge on any atom is -0.486 e. The number of ether oxygens (including phenoxy) is 1. The monoisotopic (exact) mass is 236 g/mol. The van der Waals surface area contributed by atoms with Gasteiger partial charge in [0.15, 0.2) is 0 Å². The summed E-state index contributed by atoms with van der Waals surface area (Å²) < 4.78 is 5.86. The quantitative estimate of drug-likeness (QED) is 0.748. The van der Waals surface area contributed by atoms with Gasteiger partial charge in [-0.25, -0.2) is 4.79 Å². The topological polar surface area (TPSA) is 62.7 Å². The Morgan fingerprint density at radius 2 is 2.29 bits per heavy atom. The van der Waals surface area contributed by atoms with E-state index >= 15 is 0 Å². The van der Waals surface area contributed by atoms with Gasteiger partial charge >= 0.3 is 6.09 Å². The summed E-state index contributed by atoms with van der Waals surface area (Å²) in [6, 6.07) is 1.85. The van der Waals surface area contributed by atoms with Crippen LogP contribution in [0.25, 0.3) is 0 Å². The Kier molecular flexibility index (Phi) is 2.69. The van der Waals surface area contributed by atoms with Crippen molar-refractivity contribution >= 4 is 6.09 Å². The van der Waals surface area contributed by atoms with E-state index in [1.807, 2.05) is 26.8 Å². The summed E-state index contributed by atoms with van der Waals surface area (Å²) in [5.74, 6) is 0.728. The highest BCUT2D eigenvalue weighted by atomic mass is 16.5. The number of aromatic nitrogens is 1. The number of hydrogen-bond acceptors (Lipinski definition) is 3. The van der Waals surface area contributed by atoms with E-state index in [0.29, 0.717) is 13.1 Å². The molecule has 0 atom stereocenters. The number of carboxylic acid groups (broad SMARTS) is 1. The largest absolute Gasteiger partial charge is 0.486 e. The first-order valence-electron chi connectivity index (χ1n) is 5.50. The van der Waals surface area contributed by atoms with Gasteiger partial charge in [0.25, 0.3) is 0 Å². The maximum Gasteiger partial charge on any atom is 0.407 e. The molecule has 1 amide bonds. The first-order valence-corrected chi connectivity index (χ1v) is 5.50. The number of pyridine rings is 1. The molecule has 0 unspecified atom stereocenters. The summed E-state index contributed by atoms with van der Waals surface area (Å²) in [6.07, 6.45) is 0.747. The maximum atomic E-state index is 11.1. The Bertz CT molecular complexity index is 457. The van der Waals surface area contributed by atoms with Crippen LogP contribution in [-0.2, 0) is 6.54 Å². The average Bonchev–Trinajstić information content (AvgIpc) is 2.32. The van der Waals surface area contributed by atoms with Crippen LogP contribution in [0.2, 0.25) is 0 Å². The van der Waals surface area contributed by atoms with Crippen LogP contribution in [-0.4, -0.2) is 33.2 Å². The van der Waals surface area contributed by atoms with Crippen molar-refractivity contribution in [2.24, 2.45) is 0 Å². The van der Waals surface area contributed by atoms with Crippen molar-refractivity contribution in [3.8, 4) is 5.75 Å². The summed E-state index contributed by atoms with van der Waals surface area (Å²) >= 11 is 0. The number of fused-ring (bicyclic) bond motifs is 1. The van der Waals surface area contributed by atoms with Crippen LogP contribution in [0.15, 0.2) is 12.3 Å². The molecule has 1 aliphatic rings.